The topological polar surface area (TPSA) is 94.1 Å². The minimum absolute atomic E-state index is 0.0382. The molecule has 4 bridgehead atoms. The third kappa shape index (κ3) is 3.28. The maximum Gasteiger partial charge on any atom is 0.407 e. The van der Waals surface area contributed by atoms with Gasteiger partial charge in [0.15, 0.2) is 0 Å². The molecule has 0 radical (unpaired) electrons. The first-order valence-corrected chi connectivity index (χ1v) is 8.27. The normalized spacial score (nSPS) is 18.6. The molecule has 0 saturated carbocycles. The smallest absolute Gasteiger partial charge is 0.407 e. The van der Waals surface area contributed by atoms with Crippen LogP contribution < -0.4 is 10.1 Å². The molecule has 1 aromatic carbocycles. The van der Waals surface area contributed by atoms with Crippen molar-refractivity contribution < 1.29 is 14.3 Å². The second-order valence-electron chi connectivity index (χ2n) is 6.05. The Morgan fingerprint density at radius 2 is 2.28 bits per heavy atom. The highest BCUT2D eigenvalue weighted by Gasteiger charge is 2.13. The van der Waals surface area contributed by atoms with Crippen LogP contribution in [-0.2, 0) is 11.3 Å². The number of hydrogen-bond acceptors (Lipinski definition) is 5. The second kappa shape index (κ2) is 6.46. The summed E-state index contributed by atoms with van der Waals surface area (Å²) in [5.41, 5.74) is 2.66. The van der Waals surface area contributed by atoms with Crippen molar-refractivity contribution in [2.45, 2.75) is 26.0 Å². The molecular formula is C17H19N5O3. The van der Waals surface area contributed by atoms with Crippen LogP contribution in [0.15, 0.2) is 30.6 Å². The summed E-state index contributed by atoms with van der Waals surface area (Å²) in [5.74, 6) is 0.768. The van der Waals surface area contributed by atoms with Crippen LogP contribution in [0.3, 0.4) is 0 Å². The molecular weight excluding hydrogens is 322 g/mol. The zero-order valence-corrected chi connectivity index (χ0v) is 13.9. The van der Waals surface area contributed by atoms with Crippen LogP contribution in [0, 0.1) is 0 Å². The third-order valence-corrected chi connectivity index (χ3v) is 4.15. The first-order valence-electron chi connectivity index (χ1n) is 8.27. The molecule has 1 unspecified atom stereocenters. The number of rotatable bonds is 0. The van der Waals surface area contributed by atoms with E-state index in [2.05, 4.69) is 20.6 Å². The summed E-state index contributed by atoms with van der Waals surface area (Å²) in [6.45, 7) is 3.21. The van der Waals surface area contributed by atoms with Gasteiger partial charge in [-0.05, 0) is 25.1 Å². The van der Waals surface area contributed by atoms with E-state index >= 15 is 0 Å². The monoisotopic (exact) mass is 341 g/mol. The Kier molecular flexibility index (Phi) is 4.01. The number of fused-ring (bicyclic) bond motifs is 4. The average molecular weight is 341 g/mol. The van der Waals surface area contributed by atoms with Gasteiger partial charge in [0.25, 0.3) is 0 Å². The van der Waals surface area contributed by atoms with E-state index in [-0.39, 0.29) is 12.7 Å². The van der Waals surface area contributed by atoms with E-state index in [9.17, 15) is 4.79 Å². The number of nitrogens with zero attached hydrogens (tertiary/aromatic N) is 3. The molecule has 0 saturated heterocycles. The summed E-state index contributed by atoms with van der Waals surface area (Å²) >= 11 is 0. The second-order valence-corrected chi connectivity index (χ2v) is 6.05. The molecule has 8 nitrogen and oxygen atoms in total. The number of ether oxygens (including phenoxy) is 2. The Morgan fingerprint density at radius 3 is 3.20 bits per heavy atom. The predicted molar refractivity (Wildman–Crippen MR) is 91.4 cm³/mol. The fourth-order valence-electron chi connectivity index (χ4n) is 2.85. The van der Waals surface area contributed by atoms with E-state index in [0.29, 0.717) is 19.5 Å². The number of carbonyl (C=O) groups excluding carboxylic acids is 1. The lowest BCUT2D eigenvalue weighted by atomic mass is 10.1. The highest BCUT2D eigenvalue weighted by molar-refractivity contribution is 5.93. The molecule has 4 rings (SSSR count). The van der Waals surface area contributed by atoms with Gasteiger partial charge in [-0.1, -0.05) is 0 Å². The van der Waals surface area contributed by atoms with Gasteiger partial charge in [0.1, 0.15) is 18.1 Å². The lowest BCUT2D eigenvalue weighted by Gasteiger charge is -2.15. The van der Waals surface area contributed by atoms with Crippen LogP contribution in [0.4, 0.5) is 4.79 Å². The van der Waals surface area contributed by atoms with E-state index in [0.717, 1.165) is 27.9 Å². The largest absolute Gasteiger partial charge is 0.491 e. The zero-order valence-electron chi connectivity index (χ0n) is 13.9. The summed E-state index contributed by atoms with van der Waals surface area (Å²) < 4.78 is 12.9. The predicted octanol–water partition coefficient (Wildman–Crippen LogP) is 2.32. The number of H-pyrrole nitrogens is 1. The minimum atomic E-state index is -0.428. The standard InChI is InChI=1S/C17H19N5O3/c1-11-4-5-18-17(23)24-7-6-22-10-12(9-19-22)16-14-8-13(25-11)2-3-15(14)20-21-16/h2-3,8-11H,4-7H2,1H3,(H,18,23)(H,20,21). The number of benzene rings is 1. The molecule has 2 N–H and O–H groups in total. The first kappa shape index (κ1) is 15.5. The maximum absolute atomic E-state index is 11.7. The molecule has 1 atom stereocenters. The summed E-state index contributed by atoms with van der Waals surface area (Å²) in [7, 11) is 0. The van der Waals surface area contributed by atoms with Gasteiger partial charge in [-0.25, -0.2) is 4.79 Å². The number of cyclic esters (lactones) is 1. The Hall–Kier alpha value is -3.03. The molecule has 1 amide bonds. The van der Waals surface area contributed by atoms with E-state index in [4.69, 9.17) is 9.47 Å². The van der Waals surface area contributed by atoms with Crippen molar-refractivity contribution in [3.05, 3.63) is 30.6 Å². The van der Waals surface area contributed by atoms with E-state index in [1.165, 1.54) is 0 Å². The first-order chi connectivity index (χ1) is 12.2. The summed E-state index contributed by atoms with van der Waals surface area (Å²) in [5, 5.41) is 15.5. The van der Waals surface area contributed by atoms with Gasteiger partial charge in [-0.15, -0.1) is 0 Å². The highest BCUT2D eigenvalue weighted by atomic mass is 16.5. The molecule has 3 heterocycles. The molecule has 130 valence electrons. The van der Waals surface area contributed by atoms with Gasteiger partial charge in [0.2, 0.25) is 0 Å². The van der Waals surface area contributed by atoms with Gasteiger partial charge in [-0.3, -0.25) is 9.78 Å². The lowest BCUT2D eigenvalue weighted by molar-refractivity contribution is 0.138. The summed E-state index contributed by atoms with van der Waals surface area (Å²) in [6, 6.07) is 5.85. The van der Waals surface area contributed by atoms with Crippen molar-refractivity contribution in [2.24, 2.45) is 0 Å². The van der Waals surface area contributed by atoms with Crippen molar-refractivity contribution in [1.82, 2.24) is 25.3 Å². The molecule has 25 heavy (non-hydrogen) atoms. The fraction of sp³-hybridized carbons (Fsp3) is 0.353. The molecule has 3 aromatic rings. The number of aromatic amines is 1. The number of amides is 1. The maximum atomic E-state index is 11.7. The van der Waals surface area contributed by atoms with Gasteiger partial charge >= 0.3 is 6.09 Å². The number of nitrogens with one attached hydrogen (secondary N) is 2. The van der Waals surface area contributed by atoms with Crippen molar-refractivity contribution in [3.8, 4) is 17.0 Å². The molecule has 8 heteroatoms. The van der Waals surface area contributed by atoms with Gasteiger partial charge in [-0.2, -0.15) is 10.2 Å². The number of aromatic nitrogens is 4. The van der Waals surface area contributed by atoms with E-state index in [1.54, 1.807) is 10.9 Å². The number of alkyl carbamates (subject to hydrolysis) is 1. The van der Waals surface area contributed by atoms with Crippen LogP contribution in [0.1, 0.15) is 13.3 Å². The average Bonchev–Trinajstić information content (AvgIpc) is 3.20. The lowest BCUT2D eigenvalue weighted by Crippen LogP contribution is -2.29. The van der Waals surface area contributed by atoms with Crippen LogP contribution in [0.2, 0.25) is 0 Å². The Morgan fingerprint density at radius 1 is 1.36 bits per heavy atom. The van der Waals surface area contributed by atoms with Crippen molar-refractivity contribution in [3.63, 3.8) is 0 Å². The van der Waals surface area contributed by atoms with Gasteiger partial charge in [0, 0.05) is 30.1 Å². The van der Waals surface area contributed by atoms with Crippen LogP contribution in [0.5, 0.6) is 5.75 Å². The van der Waals surface area contributed by atoms with Crippen LogP contribution in [-0.4, -0.2) is 45.3 Å². The Bertz CT molecular complexity index is 901. The third-order valence-electron chi connectivity index (χ3n) is 4.15. The molecule has 0 aliphatic carbocycles. The van der Waals surface area contributed by atoms with Crippen LogP contribution in [0.25, 0.3) is 22.2 Å². The number of hydrogen-bond donors (Lipinski definition) is 2. The molecule has 0 spiro atoms. The molecule has 0 fully saturated rings. The summed E-state index contributed by atoms with van der Waals surface area (Å²) in [6.07, 6.45) is 3.86. The SMILES string of the molecule is CC1CCNC(=O)OCCn2cc(cn2)-c2n[nH]c3ccc(cc23)O1. The quantitative estimate of drug-likeness (QED) is 0.654. The molecule has 1 aliphatic rings. The fourth-order valence-corrected chi connectivity index (χ4v) is 2.85. The Labute approximate surface area is 144 Å². The molecule has 2 aromatic heterocycles. The highest BCUT2D eigenvalue weighted by Crippen LogP contribution is 2.29. The Balaban J connectivity index is 1.71. The number of carbonyl (C=O) groups is 1. The zero-order chi connectivity index (χ0) is 17.2. The van der Waals surface area contributed by atoms with Crippen LogP contribution >= 0.6 is 0 Å². The van der Waals surface area contributed by atoms with Crippen molar-refractivity contribution in [2.75, 3.05) is 13.2 Å². The minimum Gasteiger partial charge on any atom is -0.491 e. The molecule has 1 aliphatic heterocycles. The summed E-state index contributed by atoms with van der Waals surface area (Å²) in [4.78, 5) is 11.7. The van der Waals surface area contributed by atoms with Gasteiger partial charge in [0.05, 0.1) is 24.4 Å². The van der Waals surface area contributed by atoms with Crippen molar-refractivity contribution >= 4 is 17.0 Å². The van der Waals surface area contributed by atoms with E-state index < -0.39 is 6.09 Å². The van der Waals surface area contributed by atoms with Crippen molar-refractivity contribution in [1.29, 1.82) is 0 Å². The van der Waals surface area contributed by atoms with Gasteiger partial charge < -0.3 is 14.8 Å². The van der Waals surface area contributed by atoms with E-state index in [1.807, 2.05) is 31.3 Å².